The van der Waals surface area contributed by atoms with E-state index in [1.54, 1.807) is 24.5 Å². The lowest BCUT2D eigenvalue weighted by Gasteiger charge is -2.20. The Morgan fingerprint density at radius 3 is 2.58 bits per heavy atom. The van der Waals surface area contributed by atoms with E-state index in [9.17, 15) is 8.42 Å². The van der Waals surface area contributed by atoms with Gasteiger partial charge < -0.3 is 5.32 Å². The number of aryl methyl sites for hydroxylation is 1. The topological polar surface area (TPSA) is 49.4 Å². The molecule has 0 aliphatic rings. The Hall–Kier alpha value is -0.430. The molecule has 0 aromatic carbocycles. The van der Waals surface area contributed by atoms with Crippen LogP contribution in [0.1, 0.15) is 36.9 Å². The molecule has 0 unspecified atom stereocenters. The van der Waals surface area contributed by atoms with Crippen LogP contribution in [0.4, 0.5) is 0 Å². The van der Waals surface area contributed by atoms with Crippen LogP contribution in [0.5, 0.6) is 0 Å². The summed E-state index contributed by atoms with van der Waals surface area (Å²) in [5.41, 5.74) is 0. The minimum atomic E-state index is -3.36. The summed E-state index contributed by atoms with van der Waals surface area (Å²) in [6.45, 7) is 9.42. The lowest BCUT2D eigenvalue weighted by Crippen LogP contribution is -2.33. The Balaban J connectivity index is 2.95. The summed E-state index contributed by atoms with van der Waals surface area (Å²) in [5.74, 6) is 0. The van der Waals surface area contributed by atoms with E-state index >= 15 is 0 Å². The highest BCUT2D eigenvalue weighted by molar-refractivity contribution is 7.89. The van der Waals surface area contributed by atoms with Crippen LogP contribution in [-0.2, 0) is 16.6 Å². The average Bonchev–Trinajstić information content (AvgIpc) is 2.70. The molecule has 1 N–H and O–H groups in total. The Bertz CT molecular complexity index is 507. The van der Waals surface area contributed by atoms with E-state index in [-0.39, 0.29) is 6.04 Å². The molecule has 0 fully saturated rings. The van der Waals surface area contributed by atoms with Crippen molar-refractivity contribution in [2.75, 3.05) is 13.6 Å². The maximum absolute atomic E-state index is 12.4. The standard InChI is InChI=1S/C13H24N2O2S2/c1-6-7-14-9-12-8-13(11(4)18-12)19(16,17)15(5)10(2)3/h8,10,14H,6-7,9H2,1-5H3. The van der Waals surface area contributed by atoms with Crippen molar-refractivity contribution in [2.45, 2.75) is 51.6 Å². The van der Waals surface area contributed by atoms with Gasteiger partial charge in [-0.2, -0.15) is 4.31 Å². The van der Waals surface area contributed by atoms with E-state index in [1.165, 1.54) is 4.31 Å². The molecule has 0 amide bonds. The van der Waals surface area contributed by atoms with Crippen molar-refractivity contribution in [3.63, 3.8) is 0 Å². The number of hydrogen-bond acceptors (Lipinski definition) is 4. The molecule has 0 bridgehead atoms. The van der Waals surface area contributed by atoms with Gasteiger partial charge in [0.1, 0.15) is 0 Å². The third kappa shape index (κ3) is 4.02. The van der Waals surface area contributed by atoms with Crippen LogP contribution in [0.3, 0.4) is 0 Å². The van der Waals surface area contributed by atoms with Gasteiger partial charge in [-0.05, 0) is 39.8 Å². The highest BCUT2D eigenvalue weighted by Crippen LogP contribution is 2.28. The van der Waals surface area contributed by atoms with E-state index in [1.807, 2.05) is 20.8 Å². The van der Waals surface area contributed by atoms with E-state index in [2.05, 4.69) is 12.2 Å². The number of rotatable bonds is 7. The first-order valence-electron chi connectivity index (χ1n) is 6.58. The molecular weight excluding hydrogens is 280 g/mol. The van der Waals surface area contributed by atoms with Gasteiger partial charge >= 0.3 is 0 Å². The van der Waals surface area contributed by atoms with Crippen molar-refractivity contribution >= 4 is 21.4 Å². The molecule has 0 atom stereocenters. The van der Waals surface area contributed by atoms with Crippen LogP contribution in [0.15, 0.2) is 11.0 Å². The van der Waals surface area contributed by atoms with Gasteiger partial charge in [-0.25, -0.2) is 8.42 Å². The summed E-state index contributed by atoms with van der Waals surface area (Å²) in [4.78, 5) is 2.38. The van der Waals surface area contributed by atoms with Gasteiger partial charge in [0.05, 0.1) is 4.90 Å². The largest absolute Gasteiger partial charge is 0.312 e. The van der Waals surface area contributed by atoms with Crippen LogP contribution in [0.2, 0.25) is 0 Å². The molecule has 1 aromatic rings. The molecule has 0 aliphatic carbocycles. The maximum atomic E-state index is 12.4. The lowest BCUT2D eigenvalue weighted by atomic mass is 10.4. The molecule has 0 spiro atoms. The second-order valence-corrected chi connectivity index (χ2v) is 8.23. The van der Waals surface area contributed by atoms with Crippen molar-refractivity contribution in [1.29, 1.82) is 0 Å². The van der Waals surface area contributed by atoms with Gasteiger partial charge in [0.2, 0.25) is 10.0 Å². The molecule has 0 aliphatic heterocycles. The first-order valence-corrected chi connectivity index (χ1v) is 8.84. The van der Waals surface area contributed by atoms with Crippen LogP contribution >= 0.6 is 11.3 Å². The van der Waals surface area contributed by atoms with E-state index in [0.29, 0.717) is 4.90 Å². The van der Waals surface area contributed by atoms with Crippen LogP contribution in [-0.4, -0.2) is 32.4 Å². The third-order valence-electron chi connectivity index (χ3n) is 3.03. The first-order chi connectivity index (χ1) is 8.80. The average molecular weight is 304 g/mol. The Morgan fingerprint density at radius 1 is 1.42 bits per heavy atom. The highest BCUT2D eigenvalue weighted by atomic mass is 32.2. The Labute approximate surface area is 120 Å². The molecule has 1 heterocycles. The van der Waals surface area contributed by atoms with Crippen molar-refractivity contribution in [1.82, 2.24) is 9.62 Å². The summed E-state index contributed by atoms with van der Waals surface area (Å²) >= 11 is 1.55. The lowest BCUT2D eigenvalue weighted by molar-refractivity contribution is 0.410. The summed E-state index contributed by atoms with van der Waals surface area (Å²) in [6.07, 6.45) is 1.08. The Morgan fingerprint density at radius 2 is 2.05 bits per heavy atom. The number of nitrogens with one attached hydrogen (secondary N) is 1. The van der Waals surface area contributed by atoms with Gasteiger partial charge in [0.15, 0.2) is 0 Å². The summed E-state index contributed by atoms with van der Waals surface area (Å²) in [6, 6.07) is 1.77. The van der Waals surface area contributed by atoms with Crippen LogP contribution in [0, 0.1) is 6.92 Å². The molecule has 1 rings (SSSR count). The van der Waals surface area contributed by atoms with Gasteiger partial charge in [-0.3, -0.25) is 0 Å². The zero-order chi connectivity index (χ0) is 14.6. The third-order valence-corrected chi connectivity index (χ3v) is 6.37. The van der Waals surface area contributed by atoms with Gasteiger partial charge in [-0.1, -0.05) is 6.92 Å². The molecule has 4 nitrogen and oxygen atoms in total. The van der Waals surface area contributed by atoms with Crippen molar-refractivity contribution in [3.8, 4) is 0 Å². The van der Waals surface area contributed by atoms with E-state index < -0.39 is 10.0 Å². The van der Waals surface area contributed by atoms with Crippen molar-refractivity contribution in [2.24, 2.45) is 0 Å². The zero-order valence-electron chi connectivity index (χ0n) is 12.4. The monoisotopic (exact) mass is 304 g/mol. The predicted octanol–water partition coefficient (Wildman–Crippen LogP) is 2.59. The molecule has 19 heavy (non-hydrogen) atoms. The van der Waals surface area contributed by atoms with E-state index in [0.717, 1.165) is 29.3 Å². The van der Waals surface area contributed by atoms with Gasteiger partial charge in [0.25, 0.3) is 0 Å². The summed E-state index contributed by atoms with van der Waals surface area (Å²) in [7, 11) is -1.73. The smallest absolute Gasteiger partial charge is 0.244 e. The zero-order valence-corrected chi connectivity index (χ0v) is 14.0. The van der Waals surface area contributed by atoms with E-state index in [4.69, 9.17) is 0 Å². The van der Waals surface area contributed by atoms with Crippen LogP contribution in [0.25, 0.3) is 0 Å². The molecule has 1 aromatic heterocycles. The molecule has 0 saturated carbocycles. The first kappa shape index (κ1) is 16.6. The normalized spacial score (nSPS) is 12.6. The predicted molar refractivity (Wildman–Crippen MR) is 81.1 cm³/mol. The van der Waals surface area contributed by atoms with Crippen molar-refractivity contribution in [3.05, 3.63) is 15.8 Å². The minimum Gasteiger partial charge on any atom is -0.312 e. The summed E-state index contributed by atoms with van der Waals surface area (Å²) < 4.78 is 26.3. The fourth-order valence-corrected chi connectivity index (χ4v) is 4.63. The Kier molecular flexibility index (Phi) is 5.98. The molecular formula is C13H24N2O2S2. The SMILES string of the molecule is CCCNCc1cc(S(=O)(=O)N(C)C(C)C)c(C)s1. The second kappa shape index (κ2) is 6.83. The number of hydrogen-bond donors (Lipinski definition) is 1. The highest BCUT2D eigenvalue weighted by Gasteiger charge is 2.26. The number of thiophene rings is 1. The molecule has 6 heteroatoms. The fourth-order valence-electron chi connectivity index (χ4n) is 1.69. The number of nitrogens with zero attached hydrogens (tertiary/aromatic N) is 1. The van der Waals surface area contributed by atoms with Gasteiger partial charge in [-0.15, -0.1) is 11.3 Å². The maximum Gasteiger partial charge on any atom is 0.244 e. The fraction of sp³-hybridized carbons (Fsp3) is 0.692. The quantitative estimate of drug-likeness (QED) is 0.788. The molecule has 0 radical (unpaired) electrons. The summed E-state index contributed by atoms with van der Waals surface area (Å²) in [5, 5.41) is 3.30. The van der Waals surface area contributed by atoms with Crippen molar-refractivity contribution < 1.29 is 8.42 Å². The molecule has 110 valence electrons. The second-order valence-electron chi connectivity index (χ2n) is 4.92. The number of sulfonamides is 1. The van der Waals surface area contributed by atoms with Crippen LogP contribution < -0.4 is 5.32 Å². The minimum absolute atomic E-state index is 0.0361. The molecule has 0 saturated heterocycles. The van der Waals surface area contributed by atoms with Gasteiger partial charge in [0, 0.05) is 29.4 Å².